The highest BCUT2D eigenvalue weighted by Crippen LogP contribution is 2.40. The molecule has 4 nitrogen and oxygen atoms in total. The van der Waals surface area contributed by atoms with Crippen molar-refractivity contribution in [3.05, 3.63) is 46.7 Å². The molecular formula is C24H36FN3O. The Morgan fingerprint density at radius 1 is 1.41 bits per heavy atom. The summed E-state index contributed by atoms with van der Waals surface area (Å²) in [4.78, 5) is 18.2. The molecule has 0 saturated carbocycles. The Morgan fingerprint density at radius 2 is 2.10 bits per heavy atom. The van der Waals surface area contributed by atoms with Crippen molar-refractivity contribution in [3.8, 4) is 0 Å². The van der Waals surface area contributed by atoms with Gasteiger partial charge in [-0.1, -0.05) is 38.2 Å². The topological polar surface area (TPSA) is 58.7 Å². The van der Waals surface area contributed by atoms with Crippen LogP contribution in [0.5, 0.6) is 0 Å². The van der Waals surface area contributed by atoms with Gasteiger partial charge in [0.1, 0.15) is 5.78 Å². The number of allylic oxidation sites excluding steroid dienone is 4. The molecule has 1 aliphatic carbocycles. The average molecular weight is 402 g/mol. The van der Waals surface area contributed by atoms with E-state index in [4.69, 9.17) is 5.73 Å². The molecule has 2 aliphatic rings. The van der Waals surface area contributed by atoms with Gasteiger partial charge in [0, 0.05) is 25.2 Å². The van der Waals surface area contributed by atoms with Gasteiger partial charge >= 0.3 is 0 Å². The summed E-state index contributed by atoms with van der Waals surface area (Å²) in [6.07, 6.45) is 8.38. The number of aliphatic imine (C=N–C) groups is 1. The summed E-state index contributed by atoms with van der Waals surface area (Å²) < 4.78 is 12.8. The molecule has 1 saturated heterocycles. The third-order valence-electron chi connectivity index (χ3n) is 6.02. The van der Waals surface area contributed by atoms with Crippen LogP contribution in [0.25, 0.3) is 0 Å². The Bertz CT molecular complexity index is 756. The number of carbonyl (C=O) groups is 1. The minimum Gasteiger partial charge on any atom is -0.359 e. The van der Waals surface area contributed by atoms with Gasteiger partial charge in [0.05, 0.1) is 24.6 Å². The van der Waals surface area contributed by atoms with Crippen LogP contribution in [0.2, 0.25) is 0 Å². The van der Waals surface area contributed by atoms with E-state index in [0.717, 1.165) is 53.8 Å². The summed E-state index contributed by atoms with van der Waals surface area (Å²) in [5, 5.41) is 0. The van der Waals surface area contributed by atoms with Gasteiger partial charge in [-0.15, -0.1) is 0 Å². The molecule has 0 bridgehead atoms. The first-order valence-corrected chi connectivity index (χ1v) is 10.7. The molecule has 0 amide bonds. The van der Waals surface area contributed by atoms with Crippen molar-refractivity contribution in [2.75, 3.05) is 26.8 Å². The van der Waals surface area contributed by atoms with Crippen LogP contribution in [0.3, 0.4) is 0 Å². The van der Waals surface area contributed by atoms with Crippen molar-refractivity contribution in [2.45, 2.75) is 58.9 Å². The predicted molar refractivity (Wildman–Crippen MR) is 120 cm³/mol. The number of alkyl halides is 1. The summed E-state index contributed by atoms with van der Waals surface area (Å²) in [6.45, 7) is 10.7. The lowest BCUT2D eigenvalue weighted by Crippen LogP contribution is -2.31. The zero-order valence-corrected chi connectivity index (χ0v) is 18.4. The minimum absolute atomic E-state index is 0.0946. The smallest absolute Gasteiger partial charge is 0.149 e. The highest BCUT2D eigenvalue weighted by atomic mass is 19.1. The number of hydrogen-bond donors (Lipinski definition) is 1. The molecule has 1 fully saturated rings. The van der Waals surface area contributed by atoms with Gasteiger partial charge < -0.3 is 10.6 Å². The standard InChI is InChI=1S/C24H36FN3O/c1-6-18(7-2)19-11-12-22(26)23(20(19)10-8-9-13-25)21-15-28(14-16(3)29)17(4)24(21)27-5/h8,10,18,22H,4,6-7,9,11-15,26H2,1-3,5H3/b10-8-,23-21+,27-24-/t22-/m0/s1. The van der Waals surface area contributed by atoms with Crippen molar-refractivity contribution in [2.24, 2.45) is 16.6 Å². The third kappa shape index (κ3) is 5.13. The Morgan fingerprint density at radius 3 is 2.66 bits per heavy atom. The number of halogens is 1. The molecule has 160 valence electrons. The lowest BCUT2D eigenvalue weighted by molar-refractivity contribution is -0.117. The minimum atomic E-state index is -0.368. The number of ketones is 1. The second kappa shape index (κ2) is 10.7. The number of likely N-dealkylation sites (tertiary alicyclic amines) is 1. The van der Waals surface area contributed by atoms with E-state index in [9.17, 15) is 9.18 Å². The van der Waals surface area contributed by atoms with Crippen molar-refractivity contribution in [1.82, 2.24) is 4.90 Å². The molecule has 0 aromatic rings. The van der Waals surface area contributed by atoms with E-state index in [1.54, 1.807) is 14.0 Å². The van der Waals surface area contributed by atoms with Gasteiger partial charge in [0.25, 0.3) is 0 Å². The van der Waals surface area contributed by atoms with Crippen LogP contribution in [0.1, 0.15) is 52.9 Å². The summed E-state index contributed by atoms with van der Waals surface area (Å²) >= 11 is 0. The maximum absolute atomic E-state index is 12.8. The summed E-state index contributed by atoms with van der Waals surface area (Å²) in [5.74, 6) is 0.584. The largest absolute Gasteiger partial charge is 0.359 e. The van der Waals surface area contributed by atoms with E-state index in [1.165, 1.54) is 5.57 Å². The van der Waals surface area contributed by atoms with Crippen LogP contribution in [0.4, 0.5) is 4.39 Å². The van der Waals surface area contributed by atoms with Gasteiger partial charge in [0.2, 0.25) is 0 Å². The van der Waals surface area contributed by atoms with Gasteiger partial charge in [-0.3, -0.25) is 14.2 Å². The van der Waals surface area contributed by atoms with E-state index >= 15 is 0 Å². The lowest BCUT2D eigenvalue weighted by atomic mass is 9.75. The highest BCUT2D eigenvalue weighted by Gasteiger charge is 2.34. The number of rotatable bonds is 8. The second-order valence-corrected chi connectivity index (χ2v) is 7.95. The number of hydrogen-bond acceptors (Lipinski definition) is 4. The number of carbonyl (C=O) groups excluding carboxylic acids is 1. The molecule has 2 rings (SSSR count). The molecule has 1 heterocycles. The van der Waals surface area contributed by atoms with Crippen LogP contribution in [-0.2, 0) is 4.79 Å². The van der Waals surface area contributed by atoms with Crippen molar-refractivity contribution in [3.63, 3.8) is 0 Å². The number of nitrogens with two attached hydrogens (primary N) is 1. The molecule has 29 heavy (non-hydrogen) atoms. The normalized spacial score (nSPS) is 24.7. The zero-order chi connectivity index (χ0) is 21.6. The fourth-order valence-corrected chi connectivity index (χ4v) is 4.60. The monoisotopic (exact) mass is 401 g/mol. The summed E-state index contributed by atoms with van der Waals surface area (Å²) in [5.41, 5.74) is 13.0. The van der Waals surface area contributed by atoms with Crippen LogP contribution >= 0.6 is 0 Å². The van der Waals surface area contributed by atoms with E-state index < -0.39 is 0 Å². The first kappa shape index (κ1) is 23.3. The van der Waals surface area contributed by atoms with Gasteiger partial charge in [-0.2, -0.15) is 0 Å². The molecule has 1 atom stereocenters. The quantitative estimate of drug-likeness (QED) is 0.649. The maximum Gasteiger partial charge on any atom is 0.149 e. The second-order valence-electron chi connectivity index (χ2n) is 7.95. The maximum atomic E-state index is 12.8. The van der Waals surface area contributed by atoms with Crippen LogP contribution in [0, 0.1) is 5.92 Å². The molecule has 2 N–H and O–H groups in total. The first-order chi connectivity index (χ1) is 13.9. The molecule has 0 aromatic carbocycles. The lowest BCUT2D eigenvalue weighted by Gasteiger charge is -2.32. The Labute approximate surface area is 175 Å². The van der Waals surface area contributed by atoms with Crippen LogP contribution in [-0.4, -0.2) is 49.2 Å². The van der Waals surface area contributed by atoms with E-state index in [0.29, 0.717) is 25.4 Å². The number of Topliss-reactive ketones (excluding diaryl/α,β-unsaturated/α-hetero) is 1. The highest BCUT2D eigenvalue weighted by molar-refractivity contribution is 6.15. The van der Waals surface area contributed by atoms with Gasteiger partial charge in [-0.05, 0) is 56.1 Å². The Balaban J connectivity index is 2.67. The van der Waals surface area contributed by atoms with Crippen molar-refractivity contribution < 1.29 is 9.18 Å². The summed E-state index contributed by atoms with van der Waals surface area (Å²) in [7, 11) is 1.76. The van der Waals surface area contributed by atoms with Crippen molar-refractivity contribution >= 4 is 11.5 Å². The van der Waals surface area contributed by atoms with Crippen LogP contribution < -0.4 is 5.73 Å². The van der Waals surface area contributed by atoms with Gasteiger partial charge in [0.15, 0.2) is 0 Å². The molecule has 5 heteroatoms. The average Bonchev–Trinajstić information content (AvgIpc) is 2.98. The molecule has 0 radical (unpaired) electrons. The first-order valence-electron chi connectivity index (χ1n) is 10.7. The number of nitrogens with zero attached hydrogens (tertiary/aromatic N) is 2. The summed E-state index contributed by atoms with van der Waals surface area (Å²) in [6, 6.07) is -0.102. The Kier molecular flexibility index (Phi) is 8.57. The molecule has 0 unspecified atom stereocenters. The molecule has 0 spiro atoms. The van der Waals surface area contributed by atoms with E-state index in [-0.39, 0.29) is 18.5 Å². The zero-order valence-electron chi connectivity index (χ0n) is 18.4. The van der Waals surface area contributed by atoms with Crippen LogP contribution in [0.15, 0.2) is 51.7 Å². The Hall–Kier alpha value is -2.01. The molecule has 0 aromatic heterocycles. The van der Waals surface area contributed by atoms with Crippen molar-refractivity contribution in [1.29, 1.82) is 0 Å². The van der Waals surface area contributed by atoms with E-state index in [2.05, 4.69) is 31.5 Å². The molecule has 1 aliphatic heterocycles. The van der Waals surface area contributed by atoms with E-state index in [1.807, 2.05) is 11.0 Å². The van der Waals surface area contributed by atoms with Gasteiger partial charge in [-0.25, -0.2) is 0 Å². The SMILES string of the molecule is C=C1C(=N/C)/C(=C2\C(/C=C\CCF)=C(C(CC)CC)CC[C@@H]2N)CN1CC(C)=O. The molecular weight excluding hydrogens is 365 g/mol. The predicted octanol–water partition coefficient (Wildman–Crippen LogP) is 4.54. The third-order valence-corrected chi connectivity index (χ3v) is 6.02. The fraction of sp³-hybridized carbons (Fsp3) is 0.583. The fourth-order valence-electron chi connectivity index (χ4n) is 4.60.